The van der Waals surface area contributed by atoms with E-state index in [9.17, 15) is 4.79 Å². The molecule has 1 aromatic heterocycles. The van der Waals surface area contributed by atoms with E-state index in [1.54, 1.807) is 0 Å². The summed E-state index contributed by atoms with van der Waals surface area (Å²) in [6.07, 6.45) is 5.83. The molecule has 1 aliphatic rings. The topological polar surface area (TPSA) is 36.4 Å². The Morgan fingerprint density at radius 3 is 2.52 bits per heavy atom. The van der Waals surface area contributed by atoms with E-state index in [-0.39, 0.29) is 5.91 Å². The molecular weight excluding hydrogens is 262 g/mol. The van der Waals surface area contributed by atoms with Gasteiger partial charge in [-0.2, -0.15) is 0 Å². The first-order valence-corrected chi connectivity index (χ1v) is 7.90. The fourth-order valence-electron chi connectivity index (χ4n) is 3.15. The zero-order valence-corrected chi connectivity index (χ0v) is 13.5. The number of likely N-dealkylation sites (N-methyl/N-ethyl adjacent to an activating group) is 1. The van der Waals surface area contributed by atoms with Crippen LogP contribution in [-0.4, -0.2) is 53.9 Å². The first-order chi connectivity index (χ1) is 10.0. The monoisotopic (exact) mass is 289 g/mol. The largest absolute Gasteiger partial charge is 0.341 e. The molecule has 1 fully saturated rings. The summed E-state index contributed by atoms with van der Waals surface area (Å²) >= 11 is 0. The summed E-state index contributed by atoms with van der Waals surface area (Å²) in [7, 11) is 2.02. The molecule has 0 unspecified atom stereocenters. The van der Waals surface area contributed by atoms with Gasteiger partial charge in [0.25, 0.3) is 0 Å². The summed E-state index contributed by atoms with van der Waals surface area (Å²) < 4.78 is 0. The average Bonchev–Trinajstić information content (AvgIpc) is 2.45. The third-order valence-electron chi connectivity index (χ3n) is 4.16. The Kier molecular flexibility index (Phi) is 5.74. The number of hydrogen-bond acceptors (Lipinski definition) is 3. The lowest BCUT2D eigenvalue weighted by molar-refractivity contribution is -0.134. The van der Waals surface area contributed by atoms with Crippen molar-refractivity contribution in [3.05, 3.63) is 30.1 Å². The van der Waals surface area contributed by atoms with Gasteiger partial charge in [-0.25, -0.2) is 0 Å². The minimum Gasteiger partial charge on any atom is -0.341 e. The molecule has 0 saturated carbocycles. The Hall–Kier alpha value is -1.42. The van der Waals surface area contributed by atoms with Gasteiger partial charge in [0.2, 0.25) is 5.91 Å². The van der Waals surface area contributed by atoms with E-state index in [4.69, 9.17) is 0 Å². The first-order valence-electron chi connectivity index (χ1n) is 7.90. The lowest BCUT2D eigenvalue weighted by Crippen LogP contribution is -2.46. The van der Waals surface area contributed by atoms with Crippen molar-refractivity contribution < 1.29 is 4.79 Å². The van der Waals surface area contributed by atoms with E-state index >= 15 is 0 Å². The number of nitrogens with zero attached hydrogens (tertiary/aromatic N) is 3. The minimum absolute atomic E-state index is 0.269. The number of hydrogen-bond donors (Lipinski definition) is 0. The summed E-state index contributed by atoms with van der Waals surface area (Å²) in [6, 6.07) is 4.06. The van der Waals surface area contributed by atoms with Crippen molar-refractivity contribution in [3.8, 4) is 0 Å². The van der Waals surface area contributed by atoms with E-state index in [0.717, 1.165) is 26.1 Å². The number of rotatable bonds is 5. The van der Waals surface area contributed by atoms with Crippen LogP contribution in [0.4, 0.5) is 0 Å². The number of pyridine rings is 1. The van der Waals surface area contributed by atoms with E-state index in [1.807, 2.05) is 36.5 Å². The normalized spacial score (nSPS) is 22.6. The highest BCUT2D eigenvalue weighted by Crippen LogP contribution is 2.20. The maximum Gasteiger partial charge on any atom is 0.236 e. The molecule has 1 amide bonds. The van der Waals surface area contributed by atoms with Crippen LogP contribution < -0.4 is 0 Å². The van der Waals surface area contributed by atoms with Crippen LogP contribution >= 0.6 is 0 Å². The zero-order chi connectivity index (χ0) is 15.2. The zero-order valence-electron chi connectivity index (χ0n) is 13.5. The SMILES string of the molecule is C[C@H]1C[C@H](C)CN(C(=O)CN(C)CCc2ccncc2)C1. The second-order valence-corrected chi connectivity index (χ2v) is 6.59. The predicted molar refractivity (Wildman–Crippen MR) is 85.0 cm³/mol. The third kappa shape index (κ3) is 5.12. The predicted octanol–water partition coefficient (Wildman–Crippen LogP) is 2.06. The van der Waals surface area contributed by atoms with Crippen LogP contribution in [-0.2, 0) is 11.2 Å². The fourth-order valence-corrected chi connectivity index (χ4v) is 3.15. The number of carbonyl (C=O) groups excluding carboxylic acids is 1. The molecule has 1 saturated heterocycles. The molecule has 2 heterocycles. The molecule has 2 rings (SSSR count). The van der Waals surface area contributed by atoms with E-state index in [1.165, 1.54) is 12.0 Å². The van der Waals surface area contributed by atoms with Crippen LogP contribution in [0.2, 0.25) is 0 Å². The first kappa shape index (κ1) is 16.0. The van der Waals surface area contributed by atoms with Crippen molar-refractivity contribution in [2.75, 3.05) is 33.2 Å². The molecule has 0 N–H and O–H groups in total. The summed E-state index contributed by atoms with van der Waals surface area (Å²) in [4.78, 5) is 20.6. The van der Waals surface area contributed by atoms with Crippen LogP contribution in [0, 0.1) is 11.8 Å². The van der Waals surface area contributed by atoms with Crippen LogP contribution in [0.3, 0.4) is 0 Å². The van der Waals surface area contributed by atoms with Crippen molar-refractivity contribution >= 4 is 5.91 Å². The van der Waals surface area contributed by atoms with E-state index in [0.29, 0.717) is 18.4 Å². The van der Waals surface area contributed by atoms with Crippen molar-refractivity contribution in [1.82, 2.24) is 14.8 Å². The molecule has 4 heteroatoms. The van der Waals surface area contributed by atoms with E-state index < -0.39 is 0 Å². The van der Waals surface area contributed by atoms with Gasteiger partial charge in [-0.05, 0) is 49.4 Å². The molecule has 2 atom stereocenters. The number of likely N-dealkylation sites (tertiary alicyclic amines) is 1. The highest BCUT2D eigenvalue weighted by atomic mass is 16.2. The molecule has 0 spiro atoms. The van der Waals surface area contributed by atoms with Crippen LogP contribution in [0.5, 0.6) is 0 Å². The Morgan fingerprint density at radius 1 is 1.29 bits per heavy atom. The molecule has 0 aromatic carbocycles. The highest BCUT2D eigenvalue weighted by Gasteiger charge is 2.25. The quantitative estimate of drug-likeness (QED) is 0.832. The Morgan fingerprint density at radius 2 is 1.90 bits per heavy atom. The van der Waals surface area contributed by atoms with Gasteiger partial charge in [-0.3, -0.25) is 14.7 Å². The average molecular weight is 289 g/mol. The summed E-state index contributed by atoms with van der Waals surface area (Å²) in [5, 5.41) is 0. The fraction of sp³-hybridized carbons (Fsp3) is 0.647. The number of piperidine rings is 1. The van der Waals surface area contributed by atoms with E-state index in [2.05, 4.69) is 23.7 Å². The van der Waals surface area contributed by atoms with Gasteiger partial charge >= 0.3 is 0 Å². The molecular formula is C17H27N3O. The molecule has 116 valence electrons. The van der Waals surface area contributed by atoms with Gasteiger partial charge in [-0.15, -0.1) is 0 Å². The molecule has 0 aliphatic carbocycles. The second kappa shape index (κ2) is 7.55. The summed E-state index contributed by atoms with van der Waals surface area (Å²) in [6.45, 7) is 7.73. The second-order valence-electron chi connectivity index (χ2n) is 6.59. The highest BCUT2D eigenvalue weighted by molar-refractivity contribution is 5.78. The van der Waals surface area contributed by atoms with Crippen molar-refractivity contribution in [1.29, 1.82) is 0 Å². The van der Waals surface area contributed by atoms with Gasteiger partial charge in [0.05, 0.1) is 6.54 Å². The van der Waals surface area contributed by atoms with Crippen molar-refractivity contribution in [3.63, 3.8) is 0 Å². The Bertz CT molecular complexity index is 439. The molecule has 4 nitrogen and oxygen atoms in total. The van der Waals surface area contributed by atoms with Crippen LogP contribution in [0.1, 0.15) is 25.8 Å². The Labute approximate surface area is 128 Å². The maximum absolute atomic E-state index is 12.4. The maximum atomic E-state index is 12.4. The van der Waals surface area contributed by atoms with Crippen LogP contribution in [0.25, 0.3) is 0 Å². The molecule has 0 radical (unpaired) electrons. The number of amides is 1. The lowest BCUT2D eigenvalue weighted by atomic mass is 9.92. The molecule has 1 aromatic rings. The smallest absolute Gasteiger partial charge is 0.236 e. The van der Waals surface area contributed by atoms with Gasteiger partial charge in [-0.1, -0.05) is 13.8 Å². The van der Waals surface area contributed by atoms with Crippen molar-refractivity contribution in [2.45, 2.75) is 26.7 Å². The molecule has 0 bridgehead atoms. The van der Waals surface area contributed by atoms with Gasteiger partial charge in [0.1, 0.15) is 0 Å². The van der Waals surface area contributed by atoms with Crippen LogP contribution in [0.15, 0.2) is 24.5 Å². The van der Waals surface area contributed by atoms with Gasteiger partial charge in [0, 0.05) is 32.0 Å². The summed E-state index contributed by atoms with van der Waals surface area (Å²) in [5.74, 6) is 1.52. The lowest BCUT2D eigenvalue weighted by Gasteiger charge is -2.35. The number of aromatic nitrogens is 1. The minimum atomic E-state index is 0.269. The van der Waals surface area contributed by atoms with Gasteiger partial charge < -0.3 is 4.90 Å². The third-order valence-corrected chi connectivity index (χ3v) is 4.16. The summed E-state index contributed by atoms with van der Waals surface area (Å²) in [5.41, 5.74) is 1.27. The molecule has 1 aliphatic heterocycles. The Balaban J connectivity index is 1.76. The molecule has 21 heavy (non-hydrogen) atoms. The van der Waals surface area contributed by atoms with Gasteiger partial charge in [0.15, 0.2) is 0 Å². The number of carbonyl (C=O) groups is 1. The van der Waals surface area contributed by atoms with Crippen molar-refractivity contribution in [2.24, 2.45) is 11.8 Å². The standard InChI is InChI=1S/C17H27N3O/c1-14-10-15(2)12-20(11-14)17(21)13-19(3)9-6-16-4-7-18-8-5-16/h4-5,7-8,14-15H,6,9-13H2,1-3H3/t14-,15-/m0/s1.